The van der Waals surface area contributed by atoms with Gasteiger partial charge >= 0.3 is 6.03 Å². The lowest BCUT2D eigenvalue weighted by Gasteiger charge is -2.31. The fourth-order valence-corrected chi connectivity index (χ4v) is 4.72. The molecule has 0 atom stereocenters. The molecule has 2 heterocycles. The number of pyridine rings is 1. The molecule has 0 saturated carbocycles. The summed E-state index contributed by atoms with van der Waals surface area (Å²) in [4.78, 5) is 18.9. The van der Waals surface area contributed by atoms with Crippen LogP contribution in [0.15, 0.2) is 71.9 Å². The van der Waals surface area contributed by atoms with E-state index in [0.717, 1.165) is 42.3 Å². The monoisotopic (exact) mass is 391 g/mol. The minimum absolute atomic E-state index is 0.0452. The van der Waals surface area contributed by atoms with Gasteiger partial charge in [0.2, 0.25) is 0 Å². The molecule has 1 fully saturated rings. The first-order valence-corrected chi connectivity index (χ1v) is 10.8. The molecule has 1 aliphatic heterocycles. The molecule has 0 radical (unpaired) electrons. The molecule has 4 rings (SSSR count). The van der Waals surface area contributed by atoms with Gasteiger partial charge in [-0.05, 0) is 47.2 Å². The standard InChI is InChI=1S/C23H25N3OS/c27-23(25-16-20-8-5-7-19-6-1-2-9-21(19)20)26-14-11-18(12-15-26)17-28-22-10-3-4-13-24-22/h1-10,13,18H,11-12,14-17H2,(H,25,27). The van der Waals surface area contributed by atoms with Crippen LogP contribution in [0.4, 0.5) is 4.79 Å². The van der Waals surface area contributed by atoms with Gasteiger partial charge in [-0.1, -0.05) is 48.5 Å². The summed E-state index contributed by atoms with van der Waals surface area (Å²) < 4.78 is 0. The number of thioether (sulfide) groups is 1. The van der Waals surface area contributed by atoms with E-state index < -0.39 is 0 Å². The average Bonchev–Trinajstić information content (AvgIpc) is 2.77. The van der Waals surface area contributed by atoms with Crippen molar-refractivity contribution in [2.45, 2.75) is 24.4 Å². The molecular weight excluding hydrogens is 366 g/mol. The first-order chi connectivity index (χ1) is 13.8. The van der Waals surface area contributed by atoms with Crippen LogP contribution in [-0.2, 0) is 6.54 Å². The lowest BCUT2D eigenvalue weighted by atomic mass is 9.99. The van der Waals surface area contributed by atoms with Crippen molar-refractivity contribution in [1.82, 2.24) is 15.2 Å². The van der Waals surface area contributed by atoms with Gasteiger partial charge in [0.15, 0.2) is 0 Å². The van der Waals surface area contributed by atoms with Gasteiger partial charge in [-0.15, -0.1) is 11.8 Å². The second kappa shape index (κ2) is 9.11. The molecule has 5 heteroatoms. The number of hydrogen-bond acceptors (Lipinski definition) is 3. The van der Waals surface area contributed by atoms with Gasteiger partial charge in [0.05, 0.1) is 5.03 Å². The van der Waals surface area contributed by atoms with Gasteiger partial charge in [0, 0.05) is 31.6 Å². The van der Waals surface area contributed by atoms with E-state index in [4.69, 9.17) is 0 Å². The van der Waals surface area contributed by atoms with Gasteiger partial charge in [0.25, 0.3) is 0 Å². The van der Waals surface area contributed by atoms with E-state index in [2.05, 4.69) is 46.7 Å². The largest absolute Gasteiger partial charge is 0.334 e. The normalized spacial score (nSPS) is 14.9. The van der Waals surface area contributed by atoms with Crippen LogP contribution < -0.4 is 5.32 Å². The third-order valence-electron chi connectivity index (χ3n) is 5.32. The fourth-order valence-electron chi connectivity index (χ4n) is 3.67. The Bertz CT molecular complexity index is 918. The second-order valence-electron chi connectivity index (χ2n) is 7.21. The van der Waals surface area contributed by atoms with E-state index in [1.54, 1.807) is 0 Å². The molecule has 4 nitrogen and oxygen atoms in total. The molecular formula is C23H25N3OS. The number of urea groups is 1. The molecule has 2 amide bonds. The number of nitrogens with zero attached hydrogens (tertiary/aromatic N) is 2. The van der Waals surface area contributed by atoms with Gasteiger partial charge in [-0.2, -0.15) is 0 Å². The summed E-state index contributed by atoms with van der Waals surface area (Å²) in [6.45, 7) is 2.22. The van der Waals surface area contributed by atoms with Crippen LogP contribution in [0.25, 0.3) is 10.8 Å². The molecule has 1 aliphatic rings. The van der Waals surface area contributed by atoms with E-state index in [1.807, 2.05) is 47.1 Å². The number of carbonyl (C=O) groups is 1. The number of aromatic nitrogens is 1. The third-order valence-corrected chi connectivity index (χ3v) is 6.49. The minimum Gasteiger partial charge on any atom is -0.334 e. The minimum atomic E-state index is 0.0452. The van der Waals surface area contributed by atoms with E-state index in [0.29, 0.717) is 12.5 Å². The van der Waals surface area contributed by atoms with Gasteiger partial charge in [0.1, 0.15) is 0 Å². The van der Waals surface area contributed by atoms with Crippen LogP contribution in [0.1, 0.15) is 18.4 Å². The SMILES string of the molecule is O=C(NCc1cccc2ccccc12)N1CCC(CSc2ccccn2)CC1. The van der Waals surface area contributed by atoms with Crippen molar-refractivity contribution in [2.75, 3.05) is 18.8 Å². The van der Waals surface area contributed by atoms with Crippen LogP contribution in [-0.4, -0.2) is 34.8 Å². The number of fused-ring (bicyclic) bond motifs is 1. The van der Waals surface area contributed by atoms with Gasteiger partial charge < -0.3 is 10.2 Å². The summed E-state index contributed by atoms with van der Waals surface area (Å²) >= 11 is 1.82. The van der Waals surface area contributed by atoms with Crippen LogP contribution in [0, 0.1) is 5.92 Å². The highest BCUT2D eigenvalue weighted by atomic mass is 32.2. The highest BCUT2D eigenvalue weighted by Gasteiger charge is 2.22. The number of carbonyl (C=O) groups excluding carboxylic acids is 1. The predicted octanol–water partition coefficient (Wildman–Crippen LogP) is 4.95. The summed E-state index contributed by atoms with van der Waals surface area (Å²) in [6, 6.07) is 20.6. The zero-order valence-electron chi connectivity index (χ0n) is 15.9. The Balaban J connectivity index is 1.25. The van der Waals surface area contributed by atoms with Crippen LogP contribution in [0.5, 0.6) is 0 Å². The number of piperidine rings is 1. The van der Waals surface area contributed by atoms with Gasteiger partial charge in [-0.25, -0.2) is 9.78 Å². The van der Waals surface area contributed by atoms with Gasteiger partial charge in [-0.3, -0.25) is 0 Å². The maximum Gasteiger partial charge on any atom is 0.317 e. The first kappa shape index (κ1) is 18.8. The molecule has 0 bridgehead atoms. The van der Waals surface area contributed by atoms with Crippen LogP contribution >= 0.6 is 11.8 Å². The summed E-state index contributed by atoms with van der Waals surface area (Å²) in [5.41, 5.74) is 1.16. The van der Waals surface area contributed by atoms with Crippen molar-refractivity contribution >= 4 is 28.6 Å². The number of likely N-dealkylation sites (tertiary alicyclic amines) is 1. The number of nitrogens with one attached hydrogen (secondary N) is 1. The zero-order chi connectivity index (χ0) is 19.2. The highest BCUT2D eigenvalue weighted by Crippen LogP contribution is 2.25. The smallest absolute Gasteiger partial charge is 0.317 e. The van der Waals surface area contributed by atoms with E-state index >= 15 is 0 Å². The van der Waals surface area contributed by atoms with Crippen LogP contribution in [0.3, 0.4) is 0 Å². The lowest BCUT2D eigenvalue weighted by molar-refractivity contribution is 0.174. The molecule has 1 aromatic heterocycles. The molecule has 3 aromatic rings. The van der Waals surface area contributed by atoms with Crippen LogP contribution in [0.2, 0.25) is 0 Å². The quantitative estimate of drug-likeness (QED) is 0.626. The summed E-state index contributed by atoms with van der Waals surface area (Å²) in [7, 11) is 0. The zero-order valence-corrected chi connectivity index (χ0v) is 16.7. The molecule has 1 saturated heterocycles. The Morgan fingerprint density at radius 2 is 1.82 bits per heavy atom. The van der Waals surface area contributed by atoms with Crippen molar-refractivity contribution in [1.29, 1.82) is 0 Å². The molecule has 0 unspecified atom stereocenters. The molecule has 144 valence electrons. The Labute approximate surface area is 170 Å². The summed E-state index contributed by atoms with van der Waals surface area (Å²) in [5.74, 6) is 1.72. The fraction of sp³-hybridized carbons (Fsp3) is 0.304. The highest BCUT2D eigenvalue weighted by molar-refractivity contribution is 7.99. The number of amides is 2. The number of hydrogen-bond donors (Lipinski definition) is 1. The molecule has 0 spiro atoms. The van der Waals surface area contributed by atoms with E-state index in [1.165, 1.54) is 10.8 Å². The Morgan fingerprint density at radius 1 is 1.04 bits per heavy atom. The molecule has 0 aliphatic carbocycles. The Morgan fingerprint density at radius 3 is 2.64 bits per heavy atom. The van der Waals surface area contributed by atoms with Crippen molar-refractivity contribution in [3.63, 3.8) is 0 Å². The number of benzene rings is 2. The predicted molar refractivity (Wildman–Crippen MR) is 115 cm³/mol. The van der Waals surface area contributed by atoms with Crippen molar-refractivity contribution in [3.8, 4) is 0 Å². The Hall–Kier alpha value is -2.53. The van der Waals surface area contributed by atoms with E-state index in [9.17, 15) is 4.79 Å². The third kappa shape index (κ3) is 4.65. The number of rotatable bonds is 5. The van der Waals surface area contributed by atoms with Crippen molar-refractivity contribution in [2.24, 2.45) is 5.92 Å². The molecule has 1 N–H and O–H groups in total. The second-order valence-corrected chi connectivity index (χ2v) is 8.25. The summed E-state index contributed by atoms with van der Waals surface area (Å²) in [6.07, 6.45) is 3.95. The Kier molecular flexibility index (Phi) is 6.12. The maximum atomic E-state index is 12.6. The van der Waals surface area contributed by atoms with E-state index in [-0.39, 0.29) is 6.03 Å². The topological polar surface area (TPSA) is 45.2 Å². The molecule has 28 heavy (non-hydrogen) atoms. The first-order valence-electron chi connectivity index (χ1n) is 9.83. The van der Waals surface area contributed by atoms with Crippen molar-refractivity contribution in [3.05, 3.63) is 72.4 Å². The summed E-state index contributed by atoms with van der Waals surface area (Å²) in [5, 5.41) is 6.60. The van der Waals surface area contributed by atoms with Crippen molar-refractivity contribution < 1.29 is 4.79 Å². The lowest BCUT2D eigenvalue weighted by Crippen LogP contribution is -2.44. The average molecular weight is 392 g/mol. The molecule has 2 aromatic carbocycles. The maximum absolute atomic E-state index is 12.6.